The molecule has 1 amide bonds. The van der Waals surface area contributed by atoms with Gasteiger partial charge in [-0.15, -0.1) is 0 Å². The molecule has 0 saturated carbocycles. The Morgan fingerprint density at radius 3 is 2.46 bits per heavy atom. The molecule has 0 unspecified atom stereocenters. The summed E-state index contributed by atoms with van der Waals surface area (Å²) < 4.78 is 49.6. The summed E-state index contributed by atoms with van der Waals surface area (Å²) in [7, 11) is 2.33. The van der Waals surface area contributed by atoms with Crippen molar-refractivity contribution >= 4 is 23.1 Å². The molecule has 132 valence electrons. The third-order valence-electron chi connectivity index (χ3n) is 3.72. The van der Waals surface area contributed by atoms with Crippen LogP contribution in [0.1, 0.15) is 17.5 Å². The number of thiocarbonyl (C=S) groups is 1. The van der Waals surface area contributed by atoms with Crippen molar-refractivity contribution in [2.24, 2.45) is 0 Å². The first-order chi connectivity index (χ1) is 11.2. The highest BCUT2D eigenvalue weighted by atomic mass is 32.1. The number of hydrogen-bond acceptors (Lipinski definition) is 5. The largest absolute Gasteiger partial charge is 0.493 e. The van der Waals surface area contributed by atoms with E-state index in [1.807, 2.05) is 0 Å². The van der Waals surface area contributed by atoms with Gasteiger partial charge < -0.3 is 14.4 Å². The zero-order valence-corrected chi connectivity index (χ0v) is 13.6. The minimum absolute atomic E-state index is 0.0568. The Morgan fingerprint density at radius 2 is 2.04 bits per heavy atom. The molecule has 1 aliphatic rings. The van der Waals surface area contributed by atoms with Crippen molar-refractivity contribution in [1.29, 1.82) is 0 Å². The Labute approximate surface area is 141 Å². The van der Waals surface area contributed by atoms with Crippen molar-refractivity contribution in [3.8, 4) is 11.5 Å². The number of ether oxygens (including phenoxy) is 2. The van der Waals surface area contributed by atoms with E-state index in [1.165, 1.54) is 23.6 Å². The predicted octanol–water partition coefficient (Wildman–Crippen LogP) is 1.98. The van der Waals surface area contributed by atoms with Crippen molar-refractivity contribution in [2.45, 2.75) is 18.6 Å². The Bertz CT molecular complexity index is 666. The zero-order chi connectivity index (χ0) is 18.1. The van der Waals surface area contributed by atoms with Gasteiger partial charge in [-0.05, 0) is 18.6 Å². The van der Waals surface area contributed by atoms with Crippen molar-refractivity contribution in [2.75, 3.05) is 20.8 Å². The first-order valence-electron chi connectivity index (χ1n) is 6.82. The van der Waals surface area contributed by atoms with Gasteiger partial charge in [-0.1, -0.05) is 12.2 Å². The normalized spacial score (nSPS) is 17.1. The number of rotatable bonds is 4. The molecule has 0 aliphatic carbocycles. The lowest BCUT2D eigenvalue weighted by Crippen LogP contribution is -2.57. The molecule has 1 saturated heterocycles. The molecule has 2 N–H and O–H groups in total. The van der Waals surface area contributed by atoms with Crippen molar-refractivity contribution in [3.63, 3.8) is 0 Å². The topological polar surface area (TPSA) is 71.0 Å². The molecule has 1 aromatic rings. The standard InChI is InChI=1S/C14H15F3N2O4S/c1-22-10-6-7(5-8(11(10)23-2)14(15,16)17)13(24)19-4-3-9(19)12(20)18-21/h5-6,9,21H,3-4H2,1-2H3,(H,18,20)/t9-/m1/s1. The predicted molar refractivity (Wildman–Crippen MR) is 81.3 cm³/mol. The number of carbonyl (C=O) groups is 1. The number of halogens is 3. The van der Waals surface area contributed by atoms with Crippen LogP contribution in [0.25, 0.3) is 0 Å². The number of likely N-dealkylation sites (tertiary alicyclic amines) is 1. The maximum Gasteiger partial charge on any atom is 0.420 e. The Morgan fingerprint density at radius 1 is 1.38 bits per heavy atom. The lowest BCUT2D eigenvalue weighted by molar-refractivity contribution is -0.139. The van der Waals surface area contributed by atoms with Crippen molar-refractivity contribution in [3.05, 3.63) is 23.3 Å². The Balaban J connectivity index is 2.44. The van der Waals surface area contributed by atoms with E-state index >= 15 is 0 Å². The summed E-state index contributed by atoms with van der Waals surface area (Å²) in [6, 6.07) is 1.46. The van der Waals surface area contributed by atoms with Gasteiger partial charge in [0.2, 0.25) is 0 Å². The molecule has 0 radical (unpaired) electrons. The summed E-state index contributed by atoms with van der Waals surface area (Å²) >= 11 is 5.21. The van der Waals surface area contributed by atoms with E-state index in [4.69, 9.17) is 26.9 Å². The van der Waals surface area contributed by atoms with Gasteiger partial charge in [0.25, 0.3) is 5.91 Å². The summed E-state index contributed by atoms with van der Waals surface area (Å²) in [6.07, 6.45) is -4.23. The second-order valence-corrected chi connectivity index (χ2v) is 5.42. The minimum Gasteiger partial charge on any atom is -0.493 e. The lowest BCUT2D eigenvalue weighted by atomic mass is 9.99. The number of benzene rings is 1. The van der Waals surface area contributed by atoms with E-state index in [9.17, 15) is 18.0 Å². The Hall–Kier alpha value is -2.07. The van der Waals surface area contributed by atoms with Crippen LogP contribution in [0.4, 0.5) is 13.2 Å². The van der Waals surface area contributed by atoms with Crippen LogP contribution in [0.15, 0.2) is 12.1 Å². The van der Waals surface area contributed by atoms with E-state index in [0.717, 1.165) is 13.2 Å². The van der Waals surface area contributed by atoms with Crippen LogP contribution in [0.5, 0.6) is 11.5 Å². The van der Waals surface area contributed by atoms with Crippen LogP contribution in [-0.2, 0) is 11.0 Å². The number of methoxy groups -OCH3 is 2. The molecule has 0 aromatic heterocycles. The molecular weight excluding hydrogens is 349 g/mol. The monoisotopic (exact) mass is 364 g/mol. The van der Waals surface area contributed by atoms with Gasteiger partial charge in [-0.3, -0.25) is 10.0 Å². The van der Waals surface area contributed by atoms with Crippen LogP contribution in [0.3, 0.4) is 0 Å². The van der Waals surface area contributed by atoms with Crippen molar-refractivity contribution < 1.29 is 32.6 Å². The number of alkyl halides is 3. The summed E-state index contributed by atoms with van der Waals surface area (Å²) in [6.45, 7) is 0.395. The molecule has 1 heterocycles. The quantitative estimate of drug-likeness (QED) is 0.484. The number of amides is 1. The summed E-state index contributed by atoms with van der Waals surface area (Å²) in [5.41, 5.74) is 0.566. The number of carbonyl (C=O) groups excluding carboxylic acids is 1. The van der Waals surface area contributed by atoms with Gasteiger partial charge in [0, 0.05) is 12.1 Å². The molecule has 0 spiro atoms. The molecule has 0 bridgehead atoms. The summed E-state index contributed by atoms with van der Waals surface area (Å²) in [5, 5.41) is 8.69. The average molecular weight is 364 g/mol. The molecule has 6 nitrogen and oxygen atoms in total. The molecule has 1 atom stereocenters. The minimum atomic E-state index is -4.67. The van der Waals surface area contributed by atoms with E-state index < -0.39 is 29.4 Å². The maximum absolute atomic E-state index is 13.3. The van der Waals surface area contributed by atoms with Gasteiger partial charge in [-0.25, -0.2) is 5.48 Å². The van der Waals surface area contributed by atoms with Gasteiger partial charge in [-0.2, -0.15) is 13.2 Å². The summed E-state index contributed by atoms with van der Waals surface area (Å²) in [4.78, 5) is 13.0. The number of nitrogens with one attached hydrogen (secondary N) is 1. The third-order valence-corrected chi connectivity index (χ3v) is 4.19. The van der Waals surface area contributed by atoms with Gasteiger partial charge in [0.05, 0.1) is 14.2 Å². The molecule has 1 aliphatic heterocycles. The fraction of sp³-hybridized carbons (Fsp3) is 0.429. The third kappa shape index (κ3) is 3.24. The van der Waals surface area contributed by atoms with Crippen LogP contribution >= 0.6 is 12.2 Å². The fourth-order valence-corrected chi connectivity index (χ4v) is 2.78. The second-order valence-electron chi connectivity index (χ2n) is 5.04. The first-order valence-corrected chi connectivity index (χ1v) is 7.23. The van der Waals surface area contributed by atoms with Crippen LogP contribution < -0.4 is 15.0 Å². The molecule has 1 aromatic carbocycles. The second kappa shape index (κ2) is 6.81. The number of hydrogen-bond donors (Lipinski definition) is 2. The highest BCUT2D eigenvalue weighted by Gasteiger charge is 2.39. The Kier molecular flexibility index (Phi) is 5.19. The average Bonchev–Trinajstić information content (AvgIpc) is 2.51. The molecule has 1 fully saturated rings. The number of hydroxylamine groups is 1. The van der Waals surface area contributed by atoms with Crippen molar-refractivity contribution in [1.82, 2.24) is 10.4 Å². The van der Waals surface area contributed by atoms with Crippen LogP contribution in [0.2, 0.25) is 0 Å². The van der Waals surface area contributed by atoms with Gasteiger partial charge in [0.15, 0.2) is 11.5 Å². The smallest absolute Gasteiger partial charge is 0.420 e. The van der Waals surface area contributed by atoms with Gasteiger partial charge >= 0.3 is 6.18 Å². The molecular formula is C14H15F3N2O4S. The highest BCUT2D eigenvalue weighted by molar-refractivity contribution is 7.80. The van der Waals surface area contributed by atoms with E-state index in [1.54, 1.807) is 0 Å². The number of nitrogens with zero attached hydrogens (tertiary/aromatic N) is 1. The fourth-order valence-electron chi connectivity index (χ4n) is 2.44. The molecule has 10 heteroatoms. The van der Waals surface area contributed by atoms with Crippen LogP contribution in [-0.4, -0.2) is 47.8 Å². The zero-order valence-electron chi connectivity index (χ0n) is 12.8. The first kappa shape index (κ1) is 18.3. The van der Waals surface area contributed by atoms with Crippen LogP contribution in [0, 0.1) is 0 Å². The lowest BCUT2D eigenvalue weighted by Gasteiger charge is -2.41. The van der Waals surface area contributed by atoms with E-state index in [0.29, 0.717) is 13.0 Å². The highest BCUT2D eigenvalue weighted by Crippen LogP contribution is 2.43. The maximum atomic E-state index is 13.3. The summed E-state index contributed by atoms with van der Waals surface area (Å²) in [5.74, 6) is -1.22. The van der Waals surface area contributed by atoms with Gasteiger partial charge in [0.1, 0.15) is 16.6 Å². The molecule has 2 rings (SSSR count). The SMILES string of the molecule is COc1cc(C(=S)N2CC[C@@H]2C(=O)NO)cc(C(F)(F)F)c1OC. The molecule has 24 heavy (non-hydrogen) atoms. The van der Waals surface area contributed by atoms with E-state index in [2.05, 4.69) is 0 Å². The van der Waals surface area contributed by atoms with E-state index in [-0.39, 0.29) is 16.3 Å².